The number of hydrogen-bond donors (Lipinski definition) is 1. The SMILES string of the molecule is COC(=O)[C@@]1(N(C(=O)OC(C)(C)C)C(=O)OC(C)(C)C)C[C@@]1(F)C(=O)N[C@@H](C)C(C)=O. The van der Waals surface area contributed by atoms with Crippen molar-refractivity contribution in [3.05, 3.63) is 0 Å². The predicted octanol–water partition coefficient (Wildman–Crippen LogP) is 2.28. The summed E-state index contributed by atoms with van der Waals surface area (Å²) in [7, 11) is 0.918. The average Bonchev–Trinajstić information content (AvgIpc) is 3.18. The van der Waals surface area contributed by atoms with Crippen LogP contribution in [0.25, 0.3) is 0 Å². The molecule has 0 aromatic carbocycles. The highest BCUT2D eigenvalue weighted by Gasteiger charge is 2.85. The molecule has 0 aromatic rings. The van der Waals surface area contributed by atoms with Crippen LogP contribution in [-0.4, -0.2) is 70.3 Å². The number of Topliss-reactive ketones (excluding diaryl/α,β-unsaturated/α-hetero) is 1. The van der Waals surface area contributed by atoms with E-state index >= 15 is 4.39 Å². The molecule has 31 heavy (non-hydrogen) atoms. The normalized spacial score (nSPS) is 23.8. The maximum atomic E-state index is 15.8. The molecule has 11 heteroatoms. The molecule has 10 nitrogen and oxygen atoms in total. The molecule has 0 radical (unpaired) electrons. The van der Waals surface area contributed by atoms with E-state index in [4.69, 9.17) is 9.47 Å². The number of halogens is 1. The van der Waals surface area contributed by atoms with Gasteiger partial charge < -0.3 is 19.5 Å². The molecule has 0 heterocycles. The van der Waals surface area contributed by atoms with E-state index in [0.717, 1.165) is 7.11 Å². The first-order valence-electron chi connectivity index (χ1n) is 9.67. The Morgan fingerprint density at radius 3 is 1.71 bits per heavy atom. The third-order valence-corrected chi connectivity index (χ3v) is 4.40. The molecule has 0 spiro atoms. The van der Waals surface area contributed by atoms with Crippen LogP contribution in [0.3, 0.4) is 0 Å². The molecule has 0 aromatic heterocycles. The van der Waals surface area contributed by atoms with Gasteiger partial charge in [0.05, 0.1) is 13.2 Å². The Bertz CT molecular complexity index is 757. The van der Waals surface area contributed by atoms with E-state index in [2.05, 4.69) is 10.1 Å². The van der Waals surface area contributed by atoms with Crippen molar-refractivity contribution in [1.82, 2.24) is 10.2 Å². The van der Waals surface area contributed by atoms with Crippen molar-refractivity contribution in [3.8, 4) is 0 Å². The van der Waals surface area contributed by atoms with Gasteiger partial charge in [0.2, 0.25) is 11.2 Å². The molecular weight excluding hydrogens is 415 g/mol. The number of carbonyl (C=O) groups is 5. The van der Waals surface area contributed by atoms with Gasteiger partial charge in [-0.05, 0) is 55.4 Å². The Morgan fingerprint density at radius 1 is 0.968 bits per heavy atom. The quantitative estimate of drug-likeness (QED) is 0.503. The van der Waals surface area contributed by atoms with E-state index in [1.54, 1.807) is 0 Å². The molecule has 3 amide bonds. The van der Waals surface area contributed by atoms with Crippen molar-refractivity contribution in [1.29, 1.82) is 0 Å². The zero-order chi connectivity index (χ0) is 24.6. The van der Waals surface area contributed by atoms with Gasteiger partial charge in [0.25, 0.3) is 5.91 Å². The molecule has 1 fully saturated rings. The van der Waals surface area contributed by atoms with Gasteiger partial charge in [0.1, 0.15) is 11.2 Å². The van der Waals surface area contributed by atoms with Crippen LogP contribution < -0.4 is 5.32 Å². The molecule has 1 aliphatic rings. The highest BCUT2D eigenvalue weighted by molar-refractivity contribution is 6.09. The summed E-state index contributed by atoms with van der Waals surface area (Å²) in [5.74, 6) is -3.16. The number of esters is 1. The van der Waals surface area contributed by atoms with Gasteiger partial charge in [-0.15, -0.1) is 0 Å². The van der Waals surface area contributed by atoms with Gasteiger partial charge >= 0.3 is 18.2 Å². The van der Waals surface area contributed by atoms with E-state index in [1.807, 2.05) is 0 Å². The third-order valence-electron chi connectivity index (χ3n) is 4.40. The minimum Gasteiger partial charge on any atom is -0.467 e. The highest BCUT2D eigenvalue weighted by Crippen LogP contribution is 2.57. The van der Waals surface area contributed by atoms with Gasteiger partial charge in [0.15, 0.2) is 5.78 Å². The van der Waals surface area contributed by atoms with Crippen LogP contribution in [0.5, 0.6) is 0 Å². The first kappa shape index (κ1) is 26.3. The number of nitrogens with zero attached hydrogens (tertiary/aromatic N) is 1. The molecule has 0 saturated heterocycles. The van der Waals surface area contributed by atoms with Crippen LogP contribution in [0.15, 0.2) is 0 Å². The molecule has 3 atom stereocenters. The van der Waals surface area contributed by atoms with Gasteiger partial charge in [0, 0.05) is 6.42 Å². The van der Waals surface area contributed by atoms with E-state index < -0.39 is 64.7 Å². The number of ether oxygens (including phenoxy) is 3. The number of hydrogen-bond acceptors (Lipinski definition) is 8. The Balaban J connectivity index is 3.52. The lowest BCUT2D eigenvalue weighted by atomic mass is 10.1. The Labute approximate surface area is 180 Å². The third kappa shape index (κ3) is 5.50. The summed E-state index contributed by atoms with van der Waals surface area (Å²) in [6.45, 7) is 11.5. The van der Waals surface area contributed by atoms with Crippen LogP contribution in [0.1, 0.15) is 61.8 Å². The fourth-order valence-corrected chi connectivity index (χ4v) is 2.74. The van der Waals surface area contributed by atoms with Crippen molar-refractivity contribution >= 4 is 29.8 Å². The number of methoxy groups -OCH3 is 1. The highest BCUT2D eigenvalue weighted by atomic mass is 19.1. The van der Waals surface area contributed by atoms with Gasteiger partial charge in [-0.25, -0.2) is 18.8 Å². The van der Waals surface area contributed by atoms with E-state index in [-0.39, 0.29) is 4.90 Å². The average molecular weight is 446 g/mol. The number of amides is 3. The second-order valence-corrected chi connectivity index (χ2v) is 9.43. The summed E-state index contributed by atoms with van der Waals surface area (Å²) < 4.78 is 30.8. The Kier molecular flexibility index (Phi) is 7.15. The molecule has 0 unspecified atom stereocenters. The number of alkyl halides is 1. The fourth-order valence-electron chi connectivity index (χ4n) is 2.74. The largest absolute Gasteiger partial charge is 0.467 e. The van der Waals surface area contributed by atoms with Crippen molar-refractivity contribution in [3.63, 3.8) is 0 Å². The van der Waals surface area contributed by atoms with Crippen LogP contribution in [0.4, 0.5) is 14.0 Å². The minimum atomic E-state index is -3.06. The molecule has 176 valence electrons. The van der Waals surface area contributed by atoms with Gasteiger partial charge in [-0.2, -0.15) is 4.90 Å². The number of imide groups is 1. The monoisotopic (exact) mass is 446 g/mol. The standard InChI is InChI=1S/C20H31FN2O8/c1-11(12(2)24)22-13(25)19(21)10-20(19,14(26)29-9)23(15(27)30-17(3,4)5)16(28)31-18(6,7)8/h11H,10H2,1-9H3,(H,22,25)/t11-,19+,20-/m0/s1. The van der Waals surface area contributed by atoms with Crippen molar-refractivity contribution < 1.29 is 42.6 Å². The Morgan fingerprint density at radius 2 is 1.39 bits per heavy atom. The van der Waals surface area contributed by atoms with Crippen LogP contribution in [-0.2, 0) is 28.6 Å². The van der Waals surface area contributed by atoms with Crippen molar-refractivity contribution in [2.75, 3.05) is 7.11 Å². The summed E-state index contributed by atoms with van der Waals surface area (Å²) >= 11 is 0. The molecule has 1 N–H and O–H groups in total. The second-order valence-electron chi connectivity index (χ2n) is 9.43. The summed E-state index contributed by atoms with van der Waals surface area (Å²) in [6, 6.07) is -1.06. The van der Waals surface area contributed by atoms with E-state index in [9.17, 15) is 24.0 Å². The lowest BCUT2D eigenvalue weighted by molar-refractivity contribution is -0.153. The maximum Gasteiger partial charge on any atom is 0.421 e. The summed E-state index contributed by atoms with van der Waals surface area (Å²) in [4.78, 5) is 62.6. The second kappa shape index (κ2) is 8.43. The van der Waals surface area contributed by atoms with Crippen molar-refractivity contribution in [2.45, 2.75) is 90.3 Å². The number of rotatable bonds is 5. The van der Waals surface area contributed by atoms with E-state index in [0.29, 0.717) is 0 Å². The summed E-state index contributed by atoms with van der Waals surface area (Å²) in [6.07, 6.45) is -3.67. The van der Waals surface area contributed by atoms with Crippen LogP contribution in [0.2, 0.25) is 0 Å². The molecular formula is C20H31FN2O8. The minimum absolute atomic E-state index is 0.146. The number of nitrogens with one attached hydrogen (secondary N) is 1. The van der Waals surface area contributed by atoms with Crippen molar-refractivity contribution in [2.24, 2.45) is 0 Å². The van der Waals surface area contributed by atoms with Crippen LogP contribution >= 0.6 is 0 Å². The predicted molar refractivity (Wildman–Crippen MR) is 106 cm³/mol. The number of carbonyl (C=O) groups excluding carboxylic acids is 5. The topological polar surface area (TPSA) is 128 Å². The maximum absolute atomic E-state index is 15.8. The number of ketones is 1. The van der Waals surface area contributed by atoms with Gasteiger partial charge in [-0.1, -0.05) is 0 Å². The van der Waals surface area contributed by atoms with E-state index in [1.165, 1.54) is 55.4 Å². The first-order valence-corrected chi connectivity index (χ1v) is 9.67. The lowest BCUT2D eigenvalue weighted by Crippen LogP contribution is -2.60. The fraction of sp³-hybridized carbons (Fsp3) is 0.750. The zero-order valence-corrected chi connectivity index (χ0v) is 19.4. The van der Waals surface area contributed by atoms with Crippen LogP contribution in [0, 0.1) is 0 Å². The van der Waals surface area contributed by atoms with Gasteiger partial charge in [-0.3, -0.25) is 9.59 Å². The first-order chi connectivity index (χ1) is 13.8. The Hall–Kier alpha value is -2.72. The summed E-state index contributed by atoms with van der Waals surface area (Å²) in [5, 5.41) is 2.14. The summed E-state index contributed by atoms with van der Waals surface area (Å²) in [5.41, 5.74) is -7.95. The zero-order valence-electron chi connectivity index (χ0n) is 19.4. The smallest absolute Gasteiger partial charge is 0.421 e. The lowest BCUT2D eigenvalue weighted by Gasteiger charge is -2.33. The molecule has 1 rings (SSSR count). The molecule has 1 saturated carbocycles. The molecule has 1 aliphatic carbocycles. The molecule has 0 aliphatic heterocycles. The molecule has 0 bridgehead atoms.